The van der Waals surface area contributed by atoms with Gasteiger partial charge in [0.15, 0.2) is 9.84 Å². The molecule has 2 heterocycles. The van der Waals surface area contributed by atoms with Crippen LogP contribution in [0.4, 0.5) is 0 Å². The van der Waals surface area contributed by atoms with E-state index in [-0.39, 0.29) is 23.1 Å². The quantitative estimate of drug-likeness (QED) is 0.707. The van der Waals surface area contributed by atoms with Gasteiger partial charge in [-0.05, 0) is 50.2 Å². The van der Waals surface area contributed by atoms with Crippen LogP contribution in [0.3, 0.4) is 0 Å². The first kappa shape index (κ1) is 19.1. The van der Waals surface area contributed by atoms with Gasteiger partial charge in [-0.15, -0.1) is 0 Å². The number of aryl methyl sites for hydroxylation is 2. The van der Waals surface area contributed by atoms with Gasteiger partial charge in [-0.2, -0.15) is 0 Å². The maximum absolute atomic E-state index is 12.5. The molecular weight excluding hydrogens is 362 g/mol. The maximum atomic E-state index is 12.5. The second-order valence-electron chi connectivity index (χ2n) is 6.37. The van der Waals surface area contributed by atoms with E-state index in [4.69, 9.17) is 0 Å². The van der Waals surface area contributed by atoms with Crippen LogP contribution in [0.15, 0.2) is 47.5 Å². The van der Waals surface area contributed by atoms with E-state index in [0.29, 0.717) is 11.3 Å². The van der Waals surface area contributed by atoms with Gasteiger partial charge >= 0.3 is 0 Å². The smallest absolute Gasteiger partial charge is 0.251 e. The number of amides is 1. The first-order valence-electron chi connectivity index (χ1n) is 8.91. The van der Waals surface area contributed by atoms with Crippen molar-refractivity contribution in [3.8, 4) is 0 Å². The lowest BCUT2D eigenvalue weighted by atomic mass is 10.1. The van der Waals surface area contributed by atoms with Crippen molar-refractivity contribution in [2.24, 2.45) is 0 Å². The van der Waals surface area contributed by atoms with Crippen LogP contribution >= 0.6 is 0 Å². The first-order valence-corrected chi connectivity index (χ1v) is 10.6. The highest BCUT2D eigenvalue weighted by atomic mass is 32.2. The molecule has 0 saturated heterocycles. The van der Waals surface area contributed by atoms with Crippen LogP contribution in [-0.4, -0.2) is 29.6 Å². The summed E-state index contributed by atoms with van der Waals surface area (Å²) in [4.78, 5) is 16.8. The molecule has 0 aliphatic rings. The number of hydrogen-bond acceptors (Lipinski definition) is 4. The lowest BCUT2D eigenvalue weighted by molar-refractivity contribution is 0.0950. The van der Waals surface area contributed by atoms with Crippen LogP contribution in [-0.2, 0) is 22.9 Å². The number of carbonyl (C=O) groups excluding carboxylic acids is 1. The van der Waals surface area contributed by atoms with E-state index >= 15 is 0 Å². The molecule has 0 saturated carbocycles. The number of fused-ring (bicyclic) bond motifs is 1. The topological polar surface area (TPSA) is 81.1 Å². The molecule has 3 aromatic rings. The molecule has 0 fully saturated rings. The molecule has 7 heteroatoms. The van der Waals surface area contributed by atoms with Crippen molar-refractivity contribution in [1.82, 2.24) is 14.9 Å². The zero-order valence-electron chi connectivity index (χ0n) is 15.7. The normalized spacial score (nSPS) is 11.7. The van der Waals surface area contributed by atoms with Crippen LogP contribution in [0.25, 0.3) is 10.9 Å². The molecule has 0 aliphatic heterocycles. The molecule has 142 valence electrons. The van der Waals surface area contributed by atoms with Crippen LogP contribution in [0.1, 0.15) is 35.6 Å². The van der Waals surface area contributed by atoms with Crippen LogP contribution in [0, 0.1) is 6.92 Å². The molecule has 27 heavy (non-hydrogen) atoms. The Bertz CT molecular complexity index is 1080. The van der Waals surface area contributed by atoms with Crippen molar-refractivity contribution < 1.29 is 13.2 Å². The summed E-state index contributed by atoms with van der Waals surface area (Å²) in [5, 5.41) is 3.87. The number of hydrogen-bond donors (Lipinski definition) is 1. The molecule has 3 rings (SSSR count). The number of rotatable bonds is 6. The van der Waals surface area contributed by atoms with E-state index in [9.17, 15) is 13.2 Å². The van der Waals surface area contributed by atoms with Gasteiger partial charge in [0.25, 0.3) is 5.91 Å². The van der Waals surface area contributed by atoms with E-state index in [1.165, 1.54) is 12.3 Å². The Morgan fingerprint density at radius 2 is 1.93 bits per heavy atom. The van der Waals surface area contributed by atoms with E-state index < -0.39 is 9.84 Å². The van der Waals surface area contributed by atoms with Crippen molar-refractivity contribution in [2.45, 2.75) is 38.8 Å². The minimum Gasteiger partial charge on any atom is -0.346 e. The van der Waals surface area contributed by atoms with Gasteiger partial charge in [0.2, 0.25) is 0 Å². The van der Waals surface area contributed by atoms with Crippen molar-refractivity contribution >= 4 is 26.6 Å². The SMILES string of the molecule is CCn1c(C)cc2cc(C(=O)NCc3ccc(S(=O)(=O)CC)cn3)ccc21. The summed E-state index contributed by atoms with van der Waals surface area (Å²) in [6.45, 7) is 6.86. The van der Waals surface area contributed by atoms with Crippen LogP contribution in [0.5, 0.6) is 0 Å². The standard InChI is InChI=1S/C20H23N3O3S/c1-4-23-14(3)10-16-11-15(6-9-19(16)23)20(24)22-12-17-7-8-18(13-21-17)27(25,26)5-2/h6-11,13H,4-5,12H2,1-3H3,(H,22,24). The largest absolute Gasteiger partial charge is 0.346 e. The van der Waals surface area contributed by atoms with Gasteiger partial charge in [0.1, 0.15) is 0 Å². The molecule has 0 atom stereocenters. The van der Waals surface area contributed by atoms with Gasteiger partial charge in [-0.25, -0.2) is 8.42 Å². The van der Waals surface area contributed by atoms with Gasteiger partial charge in [-0.3, -0.25) is 9.78 Å². The summed E-state index contributed by atoms with van der Waals surface area (Å²) < 4.78 is 25.8. The van der Waals surface area contributed by atoms with E-state index in [1.54, 1.807) is 13.0 Å². The summed E-state index contributed by atoms with van der Waals surface area (Å²) in [6.07, 6.45) is 1.34. The number of aromatic nitrogens is 2. The highest BCUT2D eigenvalue weighted by Crippen LogP contribution is 2.21. The third kappa shape index (κ3) is 3.88. The minimum absolute atomic E-state index is 0.0342. The number of sulfone groups is 1. The number of nitrogens with one attached hydrogen (secondary N) is 1. The third-order valence-electron chi connectivity index (χ3n) is 4.65. The summed E-state index contributed by atoms with van der Waals surface area (Å²) in [7, 11) is -3.27. The first-order chi connectivity index (χ1) is 12.9. The predicted octanol–water partition coefficient (Wildman–Crippen LogP) is 3.09. The Morgan fingerprint density at radius 1 is 1.15 bits per heavy atom. The molecule has 0 spiro atoms. The molecule has 1 amide bonds. The summed E-state index contributed by atoms with van der Waals surface area (Å²) >= 11 is 0. The highest BCUT2D eigenvalue weighted by molar-refractivity contribution is 7.91. The molecule has 0 radical (unpaired) electrons. The van der Waals surface area contributed by atoms with Gasteiger partial charge < -0.3 is 9.88 Å². The molecule has 0 aliphatic carbocycles. The van der Waals surface area contributed by atoms with E-state index in [2.05, 4.69) is 34.8 Å². The molecule has 1 N–H and O–H groups in total. The van der Waals surface area contributed by atoms with Crippen LogP contribution in [0.2, 0.25) is 0 Å². The molecule has 2 aromatic heterocycles. The molecule has 0 unspecified atom stereocenters. The summed E-state index contributed by atoms with van der Waals surface area (Å²) in [5.74, 6) is -0.155. The van der Waals surface area contributed by atoms with Gasteiger partial charge in [0.05, 0.1) is 22.9 Å². The Kier molecular flexibility index (Phi) is 5.32. The van der Waals surface area contributed by atoms with Gasteiger partial charge in [0, 0.05) is 34.9 Å². The number of benzene rings is 1. The Morgan fingerprint density at radius 3 is 2.56 bits per heavy atom. The zero-order valence-corrected chi connectivity index (χ0v) is 16.5. The minimum atomic E-state index is -3.27. The fourth-order valence-electron chi connectivity index (χ4n) is 3.11. The Labute approximate surface area is 159 Å². The van der Waals surface area contributed by atoms with Crippen molar-refractivity contribution in [1.29, 1.82) is 0 Å². The summed E-state index contributed by atoms with van der Waals surface area (Å²) in [6, 6.07) is 10.9. The van der Waals surface area contributed by atoms with Crippen molar-refractivity contribution in [2.75, 3.05) is 5.75 Å². The second kappa shape index (κ2) is 7.52. The predicted molar refractivity (Wildman–Crippen MR) is 105 cm³/mol. The highest BCUT2D eigenvalue weighted by Gasteiger charge is 2.13. The number of carbonyl (C=O) groups is 1. The molecule has 1 aromatic carbocycles. The summed E-state index contributed by atoms with van der Waals surface area (Å²) in [5.41, 5.74) is 3.46. The fraction of sp³-hybridized carbons (Fsp3) is 0.300. The lowest BCUT2D eigenvalue weighted by Gasteiger charge is -2.07. The molecule has 6 nitrogen and oxygen atoms in total. The number of nitrogens with zero attached hydrogens (tertiary/aromatic N) is 2. The van der Waals surface area contributed by atoms with Crippen molar-refractivity contribution in [3.05, 3.63) is 59.5 Å². The molecular formula is C20H23N3O3S. The fourth-order valence-corrected chi connectivity index (χ4v) is 3.93. The molecule has 0 bridgehead atoms. The Balaban J connectivity index is 1.71. The lowest BCUT2D eigenvalue weighted by Crippen LogP contribution is -2.23. The maximum Gasteiger partial charge on any atom is 0.251 e. The van der Waals surface area contributed by atoms with E-state index in [0.717, 1.165) is 23.1 Å². The number of pyridine rings is 1. The van der Waals surface area contributed by atoms with E-state index in [1.807, 2.05) is 18.2 Å². The average Bonchev–Trinajstić information content (AvgIpc) is 3.00. The van der Waals surface area contributed by atoms with Crippen molar-refractivity contribution in [3.63, 3.8) is 0 Å². The second-order valence-corrected chi connectivity index (χ2v) is 8.65. The zero-order chi connectivity index (χ0) is 19.6. The third-order valence-corrected chi connectivity index (χ3v) is 6.37. The monoisotopic (exact) mass is 385 g/mol. The average molecular weight is 385 g/mol. The van der Waals surface area contributed by atoms with Gasteiger partial charge in [-0.1, -0.05) is 6.92 Å². The Hall–Kier alpha value is -2.67. The van der Waals surface area contributed by atoms with Crippen LogP contribution < -0.4 is 5.32 Å².